The van der Waals surface area contributed by atoms with Crippen molar-refractivity contribution in [2.24, 2.45) is 0 Å². The minimum atomic E-state index is 0.246. The van der Waals surface area contributed by atoms with Crippen LogP contribution in [0.3, 0.4) is 0 Å². The number of thiophene rings is 1. The smallest absolute Gasteiger partial charge is 0.203 e. The maximum Gasteiger partial charge on any atom is 0.203 e. The summed E-state index contributed by atoms with van der Waals surface area (Å²) in [5.41, 5.74) is 2.88. The topological polar surface area (TPSA) is 50.9 Å². The van der Waals surface area contributed by atoms with Gasteiger partial charge in [0.2, 0.25) is 5.88 Å². The lowest BCUT2D eigenvalue weighted by molar-refractivity contribution is 0.410. The number of aromatic hydroxyl groups is 1. The average Bonchev–Trinajstić information content (AvgIpc) is 2.97. The van der Waals surface area contributed by atoms with Crippen LogP contribution in [0.5, 0.6) is 5.88 Å². The van der Waals surface area contributed by atoms with Gasteiger partial charge in [-0.05, 0) is 41.8 Å². The first kappa shape index (κ1) is 11.2. The molecule has 5 heteroatoms. The molecule has 0 saturated heterocycles. The normalized spacial score (nSPS) is 11.2. The number of rotatable bonds is 3. The molecule has 0 unspecified atom stereocenters. The Morgan fingerprint density at radius 3 is 3.11 bits per heavy atom. The molecule has 0 aromatic carbocycles. The van der Waals surface area contributed by atoms with E-state index in [4.69, 9.17) is 0 Å². The van der Waals surface area contributed by atoms with Crippen LogP contribution in [0.4, 0.5) is 0 Å². The molecule has 0 saturated carbocycles. The molecular formula is C13H13N3OS. The molecule has 2 aliphatic heterocycles. The molecule has 1 N–H and O–H groups in total. The number of aromatic nitrogens is 3. The highest BCUT2D eigenvalue weighted by Crippen LogP contribution is 2.29. The highest BCUT2D eigenvalue weighted by atomic mass is 32.1. The van der Waals surface area contributed by atoms with E-state index in [0.717, 1.165) is 24.2 Å². The molecular weight excluding hydrogens is 246 g/mol. The van der Waals surface area contributed by atoms with E-state index in [1.54, 1.807) is 22.2 Å². The zero-order valence-electron chi connectivity index (χ0n) is 10.00. The van der Waals surface area contributed by atoms with Gasteiger partial charge in [0.25, 0.3) is 0 Å². The van der Waals surface area contributed by atoms with Crippen LogP contribution in [0.15, 0.2) is 29.2 Å². The minimum absolute atomic E-state index is 0.246. The summed E-state index contributed by atoms with van der Waals surface area (Å²) in [6, 6.07) is 3.96. The molecule has 0 bridgehead atoms. The van der Waals surface area contributed by atoms with Crippen molar-refractivity contribution in [3.8, 4) is 17.3 Å². The molecule has 18 heavy (non-hydrogen) atoms. The first-order valence-electron chi connectivity index (χ1n) is 5.76. The van der Waals surface area contributed by atoms with Crippen LogP contribution in [0.1, 0.15) is 11.3 Å². The summed E-state index contributed by atoms with van der Waals surface area (Å²) in [6.07, 6.45) is 2.54. The fourth-order valence-corrected chi connectivity index (χ4v) is 2.68. The predicted molar refractivity (Wildman–Crippen MR) is 71.1 cm³/mol. The van der Waals surface area contributed by atoms with Crippen LogP contribution in [0.25, 0.3) is 11.4 Å². The molecule has 0 aliphatic carbocycles. The maximum absolute atomic E-state index is 10.2. The standard InChI is InChI=1S/C13H13N3OS/c1-9-6-11-12(15-9)14-8-16(13(11)17)4-2-10-3-5-18-7-10/h3,5-8,17H,2,4H2,1H3. The summed E-state index contributed by atoms with van der Waals surface area (Å²) in [6.45, 7) is 2.62. The van der Waals surface area contributed by atoms with Crippen LogP contribution < -0.4 is 0 Å². The first-order chi connectivity index (χ1) is 8.74. The van der Waals surface area contributed by atoms with E-state index in [1.807, 2.05) is 13.0 Å². The summed E-state index contributed by atoms with van der Waals surface area (Å²) in [5.74, 6) is 0.854. The summed E-state index contributed by atoms with van der Waals surface area (Å²) < 4.78 is 1.76. The molecule has 2 aliphatic rings. The van der Waals surface area contributed by atoms with E-state index in [-0.39, 0.29) is 5.88 Å². The Morgan fingerprint density at radius 1 is 1.44 bits per heavy atom. The second-order valence-corrected chi connectivity index (χ2v) is 5.06. The fraction of sp³-hybridized carbons (Fsp3) is 0.231. The quantitative estimate of drug-likeness (QED) is 0.786. The van der Waals surface area contributed by atoms with E-state index in [1.165, 1.54) is 5.56 Å². The zero-order chi connectivity index (χ0) is 12.5. The van der Waals surface area contributed by atoms with Gasteiger partial charge >= 0.3 is 0 Å². The zero-order valence-corrected chi connectivity index (χ0v) is 10.8. The van der Waals surface area contributed by atoms with E-state index in [2.05, 4.69) is 26.8 Å². The van der Waals surface area contributed by atoms with E-state index >= 15 is 0 Å². The van der Waals surface area contributed by atoms with Gasteiger partial charge in [0.05, 0.1) is 11.9 Å². The number of nitrogens with zero attached hydrogens (tertiary/aromatic N) is 3. The van der Waals surface area contributed by atoms with Crippen molar-refractivity contribution in [1.82, 2.24) is 14.5 Å². The van der Waals surface area contributed by atoms with Gasteiger partial charge in [0.15, 0.2) is 5.82 Å². The van der Waals surface area contributed by atoms with Crippen LogP contribution in [0, 0.1) is 6.92 Å². The van der Waals surface area contributed by atoms with Crippen molar-refractivity contribution in [1.29, 1.82) is 0 Å². The Bertz CT molecular complexity index is 630. The van der Waals surface area contributed by atoms with Gasteiger partial charge in [-0.25, -0.2) is 9.97 Å². The molecule has 1 aromatic rings. The summed E-state index contributed by atoms with van der Waals surface area (Å²) in [4.78, 5) is 8.50. The van der Waals surface area contributed by atoms with Crippen LogP contribution in [-0.4, -0.2) is 19.6 Å². The SMILES string of the molecule is Cc1cc2c(O)n(CCc3ccsc3)cnc-2n1. The van der Waals surface area contributed by atoms with Crippen LogP contribution in [-0.2, 0) is 13.0 Å². The van der Waals surface area contributed by atoms with Crippen molar-refractivity contribution in [2.45, 2.75) is 19.9 Å². The maximum atomic E-state index is 10.2. The molecule has 0 atom stereocenters. The number of hydrogen-bond donors (Lipinski definition) is 1. The summed E-state index contributed by atoms with van der Waals surface area (Å²) in [7, 11) is 0. The van der Waals surface area contributed by atoms with Gasteiger partial charge in [-0.2, -0.15) is 11.3 Å². The van der Waals surface area contributed by atoms with E-state index in [9.17, 15) is 5.11 Å². The largest absolute Gasteiger partial charge is 0.494 e. The van der Waals surface area contributed by atoms with Crippen molar-refractivity contribution in [3.63, 3.8) is 0 Å². The number of fused-ring (bicyclic) bond motifs is 1. The average molecular weight is 259 g/mol. The Hall–Kier alpha value is -1.88. The Morgan fingerprint density at radius 2 is 2.33 bits per heavy atom. The highest BCUT2D eigenvalue weighted by molar-refractivity contribution is 7.07. The molecule has 4 nitrogen and oxygen atoms in total. The van der Waals surface area contributed by atoms with Crippen molar-refractivity contribution in [3.05, 3.63) is 40.5 Å². The summed E-state index contributed by atoms with van der Waals surface area (Å²) >= 11 is 1.69. The van der Waals surface area contributed by atoms with Gasteiger partial charge in [-0.1, -0.05) is 0 Å². The molecule has 0 radical (unpaired) electrons. The molecule has 0 fully saturated rings. The highest BCUT2D eigenvalue weighted by Gasteiger charge is 2.15. The Kier molecular flexibility index (Phi) is 2.76. The van der Waals surface area contributed by atoms with E-state index in [0.29, 0.717) is 5.82 Å². The Labute approximate surface area is 109 Å². The predicted octanol–water partition coefficient (Wildman–Crippen LogP) is 2.70. The van der Waals surface area contributed by atoms with Crippen molar-refractivity contribution >= 4 is 11.3 Å². The third-order valence-electron chi connectivity index (χ3n) is 2.93. The fourth-order valence-electron chi connectivity index (χ4n) is 1.98. The van der Waals surface area contributed by atoms with Crippen LogP contribution in [0.2, 0.25) is 0 Å². The minimum Gasteiger partial charge on any atom is -0.494 e. The third-order valence-corrected chi connectivity index (χ3v) is 3.66. The third kappa shape index (κ3) is 1.97. The Balaban J connectivity index is 1.88. The van der Waals surface area contributed by atoms with Gasteiger partial charge in [0.1, 0.15) is 0 Å². The first-order valence-corrected chi connectivity index (χ1v) is 6.71. The summed E-state index contributed by atoms with van der Waals surface area (Å²) in [5, 5.41) is 14.4. The van der Waals surface area contributed by atoms with Crippen molar-refractivity contribution < 1.29 is 5.11 Å². The molecule has 0 amide bonds. The second-order valence-electron chi connectivity index (χ2n) is 4.28. The molecule has 92 valence electrons. The lowest BCUT2D eigenvalue weighted by Gasteiger charge is -2.10. The van der Waals surface area contributed by atoms with Gasteiger partial charge < -0.3 is 9.67 Å². The molecule has 3 rings (SSSR count). The molecule has 3 heterocycles. The lowest BCUT2D eigenvalue weighted by atomic mass is 10.2. The second kappa shape index (κ2) is 4.42. The monoisotopic (exact) mass is 259 g/mol. The van der Waals surface area contributed by atoms with Crippen molar-refractivity contribution in [2.75, 3.05) is 0 Å². The lowest BCUT2D eigenvalue weighted by Crippen LogP contribution is -2.05. The number of hydrogen-bond acceptors (Lipinski definition) is 4. The van der Waals surface area contributed by atoms with Crippen LogP contribution >= 0.6 is 11.3 Å². The molecule has 1 aromatic heterocycles. The van der Waals surface area contributed by atoms with Gasteiger partial charge in [-0.15, -0.1) is 0 Å². The van der Waals surface area contributed by atoms with Gasteiger partial charge in [-0.3, -0.25) is 0 Å². The number of aryl methyl sites for hydroxylation is 3. The van der Waals surface area contributed by atoms with Gasteiger partial charge in [0, 0.05) is 12.2 Å². The van der Waals surface area contributed by atoms with E-state index < -0.39 is 0 Å². The molecule has 0 spiro atoms.